The molecule has 210 valence electrons. The van der Waals surface area contributed by atoms with E-state index in [0.717, 1.165) is 22.1 Å². The van der Waals surface area contributed by atoms with E-state index in [4.69, 9.17) is 4.74 Å². The van der Waals surface area contributed by atoms with Crippen LogP contribution in [-0.4, -0.2) is 32.5 Å². The summed E-state index contributed by atoms with van der Waals surface area (Å²) in [5.41, 5.74) is 2.58. The quantitative estimate of drug-likeness (QED) is 0.243. The summed E-state index contributed by atoms with van der Waals surface area (Å²) < 4.78 is 31.2. The molecule has 0 aliphatic heterocycles. The molecule has 0 aromatic heterocycles. The summed E-state index contributed by atoms with van der Waals surface area (Å²) in [5, 5.41) is 6.73. The van der Waals surface area contributed by atoms with Crippen LogP contribution in [0, 0.1) is 0 Å². The van der Waals surface area contributed by atoms with Crippen LogP contribution in [0.15, 0.2) is 138 Å². The van der Waals surface area contributed by atoms with Gasteiger partial charge in [0.15, 0.2) is 9.84 Å². The molecule has 0 radical (unpaired) electrons. The van der Waals surface area contributed by atoms with Gasteiger partial charge in [0.2, 0.25) is 5.91 Å². The first-order valence-electron chi connectivity index (χ1n) is 13.2. The van der Waals surface area contributed by atoms with Gasteiger partial charge < -0.3 is 15.4 Å². The van der Waals surface area contributed by atoms with Crippen molar-refractivity contribution in [3.8, 4) is 0 Å². The molecule has 8 heteroatoms. The smallest absolute Gasteiger partial charge is 0.408 e. The fourth-order valence-corrected chi connectivity index (χ4v) is 5.26. The van der Waals surface area contributed by atoms with E-state index in [9.17, 15) is 18.0 Å². The minimum Gasteiger partial charge on any atom is -0.445 e. The highest BCUT2D eigenvalue weighted by atomic mass is 32.2. The van der Waals surface area contributed by atoms with Crippen LogP contribution in [0.25, 0.3) is 0 Å². The van der Waals surface area contributed by atoms with Crippen molar-refractivity contribution in [1.82, 2.24) is 10.6 Å². The van der Waals surface area contributed by atoms with Crippen molar-refractivity contribution in [2.45, 2.75) is 36.4 Å². The van der Waals surface area contributed by atoms with Crippen molar-refractivity contribution in [2.24, 2.45) is 0 Å². The SMILES string of the molecule is O=C(N[C@@H](Cc1ccccc1)C(=O)N[C@H](/C=C/S(=O)(=O)c1ccccc1)Cc1ccccc1)OCc1ccccc1. The van der Waals surface area contributed by atoms with Crippen molar-refractivity contribution in [3.63, 3.8) is 0 Å². The Balaban J connectivity index is 1.52. The van der Waals surface area contributed by atoms with E-state index in [-0.39, 0.29) is 17.9 Å². The lowest BCUT2D eigenvalue weighted by Gasteiger charge is -2.22. The predicted octanol–water partition coefficient (Wildman–Crippen LogP) is 5.24. The van der Waals surface area contributed by atoms with Gasteiger partial charge in [-0.05, 0) is 35.2 Å². The average Bonchev–Trinajstić information content (AvgIpc) is 3.00. The number of hydrogen-bond acceptors (Lipinski definition) is 5. The topological polar surface area (TPSA) is 102 Å². The molecule has 41 heavy (non-hydrogen) atoms. The number of amides is 2. The molecule has 2 atom stereocenters. The third kappa shape index (κ3) is 9.47. The Kier molecular flexibility index (Phi) is 10.5. The molecule has 0 aliphatic carbocycles. The molecule has 4 aromatic carbocycles. The van der Waals surface area contributed by atoms with Gasteiger partial charge in [-0.2, -0.15) is 0 Å². The van der Waals surface area contributed by atoms with Crippen molar-refractivity contribution in [3.05, 3.63) is 150 Å². The van der Waals surface area contributed by atoms with Crippen LogP contribution >= 0.6 is 0 Å². The second kappa shape index (κ2) is 14.6. The highest BCUT2D eigenvalue weighted by Gasteiger charge is 2.24. The third-order valence-electron chi connectivity index (χ3n) is 6.29. The first-order valence-corrected chi connectivity index (χ1v) is 14.8. The minimum atomic E-state index is -3.73. The van der Waals surface area contributed by atoms with Crippen molar-refractivity contribution < 1.29 is 22.7 Å². The molecule has 0 fully saturated rings. The van der Waals surface area contributed by atoms with Crippen LogP contribution in [0.2, 0.25) is 0 Å². The maximum atomic E-state index is 13.6. The maximum absolute atomic E-state index is 13.6. The Morgan fingerprint density at radius 1 is 0.659 bits per heavy atom. The number of hydrogen-bond donors (Lipinski definition) is 2. The van der Waals surface area contributed by atoms with Gasteiger partial charge in [-0.15, -0.1) is 0 Å². The van der Waals surface area contributed by atoms with E-state index in [1.165, 1.54) is 18.2 Å². The monoisotopic (exact) mass is 568 g/mol. The van der Waals surface area contributed by atoms with Crippen LogP contribution in [0.1, 0.15) is 16.7 Å². The third-order valence-corrected chi connectivity index (χ3v) is 7.74. The molecule has 0 spiro atoms. The maximum Gasteiger partial charge on any atom is 0.408 e. The molecule has 4 aromatic rings. The Morgan fingerprint density at radius 2 is 1.15 bits per heavy atom. The molecule has 2 amide bonds. The molecule has 0 heterocycles. The molecule has 2 N–H and O–H groups in total. The Hall–Kier alpha value is -4.69. The van der Waals surface area contributed by atoms with Gasteiger partial charge in [-0.25, -0.2) is 13.2 Å². The predicted molar refractivity (Wildman–Crippen MR) is 159 cm³/mol. The summed E-state index contributed by atoms with van der Waals surface area (Å²) >= 11 is 0. The number of ether oxygens (including phenoxy) is 1. The first kappa shape index (κ1) is 29.3. The molecule has 0 aliphatic rings. The zero-order chi connectivity index (χ0) is 28.9. The van der Waals surface area contributed by atoms with Gasteiger partial charge in [0, 0.05) is 11.8 Å². The van der Waals surface area contributed by atoms with Gasteiger partial charge in [0.25, 0.3) is 0 Å². The van der Waals surface area contributed by atoms with Crippen LogP contribution in [-0.2, 0) is 38.8 Å². The van der Waals surface area contributed by atoms with Crippen LogP contribution < -0.4 is 10.6 Å². The van der Waals surface area contributed by atoms with Crippen molar-refractivity contribution in [2.75, 3.05) is 0 Å². The van der Waals surface area contributed by atoms with Gasteiger partial charge in [-0.1, -0.05) is 115 Å². The lowest BCUT2D eigenvalue weighted by Crippen LogP contribution is -2.51. The molecule has 4 rings (SSSR count). The molecular formula is C33H32N2O5S. The zero-order valence-electron chi connectivity index (χ0n) is 22.4. The number of carbonyl (C=O) groups excluding carboxylic acids is 2. The van der Waals surface area contributed by atoms with E-state index >= 15 is 0 Å². The highest BCUT2D eigenvalue weighted by molar-refractivity contribution is 7.94. The lowest BCUT2D eigenvalue weighted by molar-refractivity contribution is -0.123. The Labute approximate surface area is 240 Å². The fraction of sp³-hybridized carbons (Fsp3) is 0.152. The van der Waals surface area contributed by atoms with E-state index in [1.807, 2.05) is 91.0 Å². The molecule has 0 saturated carbocycles. The number of alkyl carbamates (subject to hydrolysis) is 1. The van der Waals surface area contributed by atoms with E-state index < -0.39 is 33.9 Å². The summed E-state index contributed by atoms with van der Waals surface area (Å²) in [6.07, 6.45) is 1.31. The van der Waals surface area contributed by atoms with Crippen molar-refractivity contribution in [1.29, 1.82) is 0 Å². The minimum absolute atomic E-state index is 0.0586. The number of rotatable bonds is 12. The van der Waals surface area contributed by atoms with Crippen LogP contribution in [0.3, 0.4) is 0 Å². The van der Waals surface area contributed by atoms with Gasteiger partial charge in [0.1, 0.15) is 12.6 Å². The molecule has 0 saturated heterocycles. The van der Waals surface area contributed by atoms with Gasteiger partial charge in [-0.3, -0.25) is 4.79 Å². The van der Waals surface area contributed by atoms with Crippen molar-refractivity contribution >= 4 is 21.8 Å². The summed E-state index contributed by atoms with van der Waals surface area (Å²) in [6, 6.07) is 34.5. The number of nitrogens with one attached hydrogen (secondary N) is 2. The first-order chi connectivity index (χ1) is 19.9. The van der Waals surface area contributed by atoms with Crippen LogP contribution in [0.5, 0.6) is 0 Å². The average molecular weight is 569 g/mol. The zero-order valence-corrected chi connectivity index (χ0v) is 23.2. The Morgan fingerprint density at radius 3 is 1.71 bits per heavy atom. The number of benzene rings is 4. The number of carbonyl (C=O) groups is 2. The summed E-state index contributed by atoms with van der Waals surface area (Å²) in [7, 11) is -3.73. The summed E-state index contributed by atoms with van der Waals surface area (Å²) in [4.78, 5) is 26.5. The second-order valence-corrected chi connectivity index (χ2v) is 11.3. The Bertz CT molecular complexity index is 1530. The van der Waals surface area contributed by atoms with Gasteiger partial charge >= 0.3 is 6.09 Å². The largest absolute Gasteiger partial charge is 0.445 e. The van der Waals surface area contributed by atoms with Crippen LogP contribution in [0.4, 0.5) is 4.79 Å². The molecular weight excluding hydrogens is 536 g/mol. The van der Waals surface area contributed by atoms with Gasteiger partial charge in [0.05, 0.1) is 10.9 Å². The lowest BCUT2D eigenvalue weighted by atomic mass is 10.0. The normalized spacial score (nSPS) is 12.8. The molecule has 0 unspecified atom stereocenters. The highest BCUT2D eigenvalue weighted by Crippen LogP contribution is 2.13. The molecule has 0 bridgehead atoms. The molecule has 7 nitrogen and oxygen atoms in total. The second-order valence-electron chi connectivity index (χ2n) is 9.44. The van der Waals surface area contributed by atoms with E-state index in [2.05, 4.69) is 10.6 Å². The van der Waals surface area contributed by atoms with E-state index in [0.29, 0.717) is 6.42 Å². The standard InChI is InChI=1S/C33H32N2O5S/c36-32(31(24-27-15-7-2-8-16-27)35-33(37)40-25-28-17-9-3-10-18-28)34-29(23-26-13-5-1-6-14-26)21-22-41(38,39)30-19-11-4-12-20-30/h1-22,29,31H,23-25H2,(H,34,36)(H,35,37)/b22-21+/t29-,31+/m1/s1. The number of sulfone groups is 1. The summed E-state index contributed by atoms with van der Waals surface area (Å²) in [5.74, 6) is -0.465. The van der Waals surface area contributed by atoms with E-state index in [1.54, 1.807) is 18.2 Å². The summed E-state index contributed by atoms with van der Waals surface area (Å²) in [6.45, 7) is 0.0586. The fourth-order valence-electron chi connectivity index (χ4n) is 4.17.